The van der Waals surface area contributed by atoms with Crippen molar-refractivity contribution in [1.29, 1.82) is 0 Å². The van der Waals surface area contributed by atoms with Gasteiger partial charge in [0, 0.05) is 18.9 Å². The molecule has 1 saturated carbocycles. The van der Waals surface area contributed by atoms with E-state index in [0.29, 0.717) is 17.4 Å². The molecule has 0 amide bonds. The summed E-state index contributed by atoms with van der Waals surface area (Å²) in [7, 11) is 0. The van der Waals surface area contributed by atoms with E-state index in [1.807, 2.05) is 10.7 Å². The average molecular weight is 319 g/mol. The highest BCUT2D eigenvalue weighted by molar-refractivity contribution is 7.71. The maximum atomic E-state index is 14.2. The smallest absolute Gasteiger partial charge is 0.203 e. The second-order valence-electron chi connectivity index (χ2n) is 6.30. The van der Waals surface area contributed by atoms with Crippen LogP contribution < -0.4 is 4.90 Å². The van der Waals surface area contributed by atoms with E-state index in [2.05, 4.69) is 9.67 Å². The Morgan fingerprint density at radius 1 is 1.23 bits per heavy atom. The maximum Gasteiger partial charge on any atom is 0.203 e. The lowest BCUT2D eigenvalue weighted by molar-refractivity contribution is -0.911. The van der Waals surface area contributed by atoms with Gasteiger partial charge in [0.15, 0.2) is 12.5 Å². The molecule has 116 valence electrons. The molecule has 6 heteroatoms. The van der Waals surface area contributed by atoms with E-state index in [9.17, 15) is 4.39 Å². The molecule has 1 aromatic heterocycles. The molecular formula is C16H20FN4S+. The number of likely N-dealkylation sites (tertiary alicyclic amines) is 1. The quantitative estimate of drug-likeness (QED) is 0.875. The molecule has 22 heavy (non-hydrogen) atoms. The van der Waals surface area contributed by atoms with Gasteiger partial charge in [-0.15, -0.1) is 5.10 Å². The van der Waals surface area contributed by atoms with Gasteiger partial charge in [0.05, 0.1) is 18.7 Å². The molecule has 1 aromatic carbocycles. The highest BCUT2D eigenvalue weighted by Gasteiger charge is 2.30. The maximum absolute atomic E-state index is 14.2. The first-order valence-electron chi connectivity index (χ1n) is 8.02. The van der Waals surface area contributed by atoms with Crippen LogP contribution in [0.2, 0.25) is 0 Å². The number of rotatable bonds is 4. The molecule has 2 aliphatic rings. The van der Waals surface area contributed by atoms with Crippen molar-refractivity contribution >= 4 is 12.2 Å². The number of nitrogens with one attached hydrogen (secondary N) is 1. The average Bonchev–Trinajstić information content (AvgIpc) is 3.12. The SMILES string of the molecule is Fc1ccccc1-c1nn(C[NH+]2CCCC2)c(=S)n1C1CC1. The third kappa shape index (κ3) is 2.50. The Labute approximate surface area is 134 Å². The zero-order chi connectivity index (χ0) is 15.1. The van der Waals surface area contributed by atoms with Crippen LogP contribution in [0.15, 0.2) is 24.3 Å². The van der Waals surface area contributed by atoms with Gasteiger partial charge in [-0.3, -0.25) is 4.57 Å². The minimum Gasteiger partial charge on any atom is -0.316 e. The van der Waals surface area contributed by atoms with Crippen LogP contribution in [-0.2, 0) is 6.67 Å². The van der Waals surface area contributed by atoms with E-state index in [-0.39, 0.29) is 5.82 Å². The second-order valence-corrected chi connectivity index (χ2v) is 6.67. The van der Waals surface area contributed by atoms with E-state index in [1.54, 1.807) is 12.1 Å². The molecule has 1 aliphatic carbocycles. The summed E-state index contributed by atoms with van der Waals surface area (Å²) in [6.45, 7) is 3.14. The summed E-state index contributed by atoms with van der Waals surface area (Å²) in [4.78, 5) is 1.51. The van der Waals surface area contributed by atoms with Crippen LogP contribution in [0.25, 0.3) is 11.4 Å². The molecule has 0 unspecified atom stereocenters. The van der Waals surface area contributed by atoms with E-state index < -0.39 is 0 Å². The van der Waals surface area contributed by atoms with Gasteiger partial charge < -0.3 is 4.90 Å². The van der Waals surface area contributed by atoms with Gasteiger partial charge in [-0.2, -0.15) is 4.68 Å². The van der Waals surface area contributed by atoms with Gasteiger partial charge in [-0.1, -0.05) is 12.1 Å². The molecule has 0 spiro atoms. The summed E-state index contributed by atoms with van der Waals surface area (Å²) in [6.07, 6.45) is 4.76. The topological polar surface area (TPSA) is 27.2 Å². The summed E-state index contributed by atoms with van der Waals surface area (Å²) in [5, 5.41) is 4.68. The molecule has 2 fully saturated rings. The third-order valence-corrected chi connectivity index (χ3v) is 4.99. The summed E-state index contributed by atoms with van der Waals surface area (Å²) >= 11 is 5.63. The van der Waals surface area contributed by atoms with Crippen molar-refractivity contribution in [2.75, 3.05) is 13.1 Å². The van der Waals surface area contributed by atoms with Crippen molar-refractivity contribution in [3.8, 4) is 11.4 Å². The van der Waals surface area contributed by atoms with Gasteiger partial charge >= 0.3 is 0 Å². The Bertz CT molecular complexity index is 741. The van der Waals surface area contributed by atoms with Crippen molar-refractivity contribution in [2.24, 2.45) is 0 Å². The Balaban J connectivity index is 1.77. The highest BCUT2D eigenvalue weighted by atomic mass is 32.1. The number of hydrogen-bond donors (Lipinski definition) is 1. The van der Waals surface area contributed by atoms with Crippen LogP contribution in [0.1, 0.15) is 31.7 Å². The van der Waals surface area contributed by atoms with Gasteiger partial charge in [0.1, 0.15) is 5.82 Å². The predicted octanol–water partition coefficient (Wildman–Crippen LogP) is 2.19. The second kappa shape index (κ2) is 5.59. The predicted molar refractivity (Wildman–Crippen MR) is 84.6 cm³/mol. The number of benzene rings is 1. The highest BCUT2D eigenvalue weighted by Crippen LogP contribution is 2.38. The fraction of sp³-hybridized carbons (Fsp3) is 0.500. The zero-order valence-corrected chi connectivity index (χ0v) is 13.3. The van der Waals surface area contributed by atoms with Gasteiger partial charge in [-0.25, -0.2) is 4.39 Å². The van der Waals surface area contributed by atoms with Crippen molar-refractivity contribution in [1.82, 2.24) is 14.3 Å². The number of nitrogens with zero attached hydrogens (tertiary/aromatic N) is 3. The van der Waals surface area contributed by atoms with Crippen molar-refractivity contribution in [3.05, 3.63) is 34.9 Å². The van der Waals surface area contributed by atoms with Crippen LogP contribution in [0, 0.1) is 10.6 Å². The zero-order valence-electron chi connectivity index (χ0n) is 12.5. The van der Waals surface area contributed by atoms with Crippen molar-refractivity contribution in [2.45, 2.75) is 38.4 Å². The molecule has 4 rings (SSSR count). The third-order valence-electron chi connectivity index (χ3n) is 4.58. The number of halogens is 1. The number of quaternary nitrogens is 1. The Morgan fingerprint density at radius 3 is 2.64 bits per heavy atom. The molecule has 1 N–H and O–H groups in total. The first kappa shape index (κ1) is 14.1. The molecule has 4 nitrogen and oxygen atoms in total. The molecule has 2 heterocycles. The summed E-state index contributed by atoms with van der Waals surface area (Å²) < 4.78 is 18.9. The minimum absolute atomic E-state index is 0.231. The Hall–Kier alpha value is -1.53. The van der Waals surface area contributed by atoms with Crippen LogP contribution in [-0.4, -0.2) is 27.4 Å². The molecule has 0 radical (unpaired) electrons. The largest absolute Gasteiger partial charge is 0.316 e. The lowest BCUT2D eigenvalue weighted by atomic mass is 10.2. The van der Waals surface area contributed by atoms with E-state index in [4.69, 9.17) is 12.2 Å². The number of aromatic nitrogens is 3. The lowest BCUT2D eigenvalue weighted by Crippen LogP contribution is -3.09. The fourth-order valence-electron chi connectivity index (χ4n) is 3.26. The molecule has 0 bridgehead atoms. The van der Waals surface area contributed by atoms with Gasteiger partial charge in [0.2, 0.25) is 4.77 Å². The monoisotopic (exact) mass is 319 g/mol. The number of hydrogen-bond acceptors (Lipinski definition) is 2. The molecule has 0 atom stereocenters. The minimum atomic E-state index is -0.231. The Morgan fingerprint density at radius 2 is 1.95 bits per heavy atom. The van der Waals surface area contributed by atoms with E-state index in [0.717, 1.165) is 24.3 Å². The van der Waals surface area contributed by atoms with Crippen molar-refractivity contribution < 1.29 is 9.29 Å². The summed E-state index contributed by atoms with van der Waals surface area (Å²) in [6, 6.07) is 7.23. The molecule has 1 aliphatic heterocycles. The van der Waals surface area contributed by atoms with E-state index >= 15 is 0 Å². The Kier molecular flexibility index (Phi) is 3.58. The summed E-state index contributed by atoms with van der Waals surface area (Å²) in [5.41, 5.74) is 0.552. The summed E-state index contributed by atoms with van der Waals surface area (Å²) in [5.74, 6) is 0.453. The normalized spacial score (nSPS) is 19.0. The van der Waals surface area contributed by atoms with Crippen molar-refractivity contribution in [3.63, 3.8) is 0 Å². The molecular weight excluding hydrogens is 299 g/mol. The van der Waals surface area contributed by atoms with Crippen LogP contribution in [0.5, 0.6) is 0 Å². The fourth-order valence-corrected chi connectivity index (χ4v) is 3.60. The van der Waals surface area contributed by atoms with Crippen LogP contribution >= 0.6 is 12.2 Å². The van der Waals surface area contributed by atoms with Crippen LogP contribution in [0.3, 0.4) is 0 Å². The molecule has 2 aromatic rings. The standard InChI is InChI=1S/C16H19FN4S/c17-14-6-2-1-5-13(14)15-18-20(11-19-9-3-4-10-19)16(22)21(15)12-7-8-12/h1-2,5-6,12H,3-4,7-11H2/p+1. The van der Waals surface area contributed by atoms with E-state index in [1.165, 1.54) is 36.9 Å². The molecule has 1 saturated heterocycles. The van der Waals surface area contributed by atoms with Crippen LogP contribution in [0.4, 0.5) is 4.39 Å². The van der Waals surface area contributed by atoms with Gasteiger partial charge in [0.25, 0.3) is 0 Å². The van der Waals surface area contributed by atoms with Gasteiger partial charge in [-0.05, 0) is 37.2 Å². The first-order chi connectivity index (χ1) is 10.7. The first-order valence-corrected chi connectivity index (χ1v) is 8.42. The lowest BCUT2D eigenvalue weighted by Gasteiger charge is -2.11.